The number of aliphatic imine (C=N–C) groups is 1. The highest BCUT2D eigenvalue weighted by molar-refractivity contribution is 5.79. The maximum absolute atomic E-state index is 5.32. The van der Waals surface area contributed by atoms with Gasteiger partial charge in [-0.05, 0) is 43.2 Å². The van der Waals surface area contributed by atoms with Crippen molar-refractivity contribution in [2.24, 2.45) is 10.4 Å². The lowest BCUT2D eigenvalue weighted by Crippen LogP contribution is -2.44. The first-order valence-electron chi connectivity index (χ1n) is 9.89. The number of nitrogens with zero attached hydrogens (tertiary/aromatic N) is 2. The summed E-state index contributed by atoms with van der Waals surface area (Å²) in [5, 5.41) is 7.01. The molecule has 1 aromatic carbocycles. The third kappa shape index (κ3) is 6.52. The van der Waals surface area contributed by atoms with Crippen molar-refractivity contribution in [1.29, 1.82) is 0 Å². The number of nitrogens with one attached hydrogen (secondary N) is 2. The second-order valence-corrected chi connectivity index (χ2v) is 7.41. The first kappa shape index (κ1) is 20.6. The van der Waals surface area contributed by atoms with E-state index >= 15 is 0 Å². The number of hydrogen-bond acceptors (Lipinski definition) is 3. The van der Waals surface area contributed by atoms with Gasteiger partial charge in [-0.3, -0.25) is 4.99 Å². The number of hydrogen-bond donors (Lipinski definition) is 2. The molecule has 1 saturated carbocycles. The predicted molar refractivity (Wildman–Crippen MR) is 111 cm³/mol. The Labute approximate surface area is 159 Å². The molecule has 0 radical (unpaired) electrons. The van der Waals surface area contributed by atoms with Crippen LogP contribution in [0.25, 0.3) is 0 Å². The van der Waals surface area contributed by atoms with Gasteiger partial charge in [0.1, 0.15) is 0 Å². The van der Waals surface area contributed by atoms with Crippen LogP contribution in [0.2, 0.25) is 0 Å². The van der Waals surface area contributed by atoms with Crippen molar-refractivity contribution in [3.8, 4) is 0 Å². The van der Waals surface area contributed by atoms with Crippen LogP contribution in [0.1, 0.15) is 38.5 Å². The monoisotopic (exact) mass is 360 g/mol. The van der Waals surface area contributed by atoms with E-state index in [9.17, 15) is 0 Å². The lowest BCUT2D eigenvalue weighted by Gasteiger charge is -2.30. The maximum Gasteiger partial charge on any atom is 0.190 e. The Kier molecular flexibility index (Phi) is 8.75. The third-order valence-electron chi connectivity index (χ3n) is 5.51. The Balaban J connectivity index is 1.69. The number of rotatable bonds is 10. The van der Waals surface area contributed by atoms with E-state index in [-0.39, 0.29) is 0 Å². The molecule has 26 heavy (non-hydrogen) atoms. The molecule has 0 aliphatic heterocycles. The topological polar surface area (TPSA) is 48.9 Å². The van der Waals surface area contributed by atoms with E-state index in [1.807, 2.05) is 7.05 Å². The molecule has 0 spiro atoms. The molecule has 0 heterocycles. The van der Waals surface area contributed by atoms with Gasteiger partial charge in [0.25, 0.3) is 0 Å². The molecule has 2 rings (SSSR count). The number of methoxy groups -OCH3 is 1. The van der Waals surface area contributed by atoms with Gasteiger partial charge in [0, 0.05) is 53.1 Å². The van der Waals surface area contributed by atoms with Gasteiger partial charge in [0.2, 0.25) is 0 Å². The van der Waals surface area contributed by atoms with Gasteiger partial charge >= 0.3 is 0 Å². The SMILES string of the molecule is CN=C(NCCCN(C)c1ccccc1)NCC1(CCOC)CCCC1. The zero-order valence-corrected chi connectivity index (χ0v) is 16.8. The van der Waals surface area contributed by atoms with Crippen molar-refractivity contribution in [3.05, 3.63) is 30.3 Å². The summed E-state index contributed by atoms with van der Waals surface area (Å²) < 4.78 is 5.32. The highest BCUT2D eigenvalue weighted by Crippen LogP contribution is 2.40. The van der Waals surface area contributed by atoms with E-state index in [0.29, 0.717) is 5.41 Å². The molecule has 0 bridgehead atoms. The van der Waals surface area contributed by atoms with Crippen LogP contribution in [-0.4, -0.2) is 53.4 Å². The van der Waals surface area contributed by atoms with Gasteiger partial charge in [-0.15, -0.1) is 0 Å². The van der Waals surface area contributed by atoms with Crippen LogP contribution >= 0.6 is 0 Å². The molecule has 1 aromatic rings. The van der Waals surface area contributed by atoms with E-state index < -0.39 is 0 Å². The zero-order valence-electron chi connectivity index (χ0n) is 16.8. The van der Waals surface area contributed by atoms with Crippen LogP contribution in [-0.2, 0) is 4.74 Å². The van der Waals surface area contributed by atoms with Crippen molar-refractivity contribution in [2.45, 2.75) is 38.5 Å². The third-order valence-corrected chi connectivity index (χ3v) is 5.51. The lowest BCUT2D eigenvalue weighted by atomic mass is 9.83. The Hall–Kier alpha value is -1.75. The van der Waals surface area contributed by atoms with E-state index in [2.05, 4.69) is 57.9 Å². The molecule has 0 atom stereocenters. The van der Waals surface area contributed by atoms with E-state index in [0.717, 1.165) is 45.0 Å². The standard InChI is InChI=1S/C21H36N4O/c1-22-20(24-18-21(14-17-26-3)12-7-8-13-21)23-15-9-16-25(2)19-10-5-4-6-11-19/h4-6,10-11H,7-9,12-18H2,1-3H3,(H2,22,23,24). The number of guanidine groups is 1. The Morgan fingerprint density at radius 2 is 1.92 bits per heavy atom. The fourth-order valence-electron chi connectivity index (χ4n) is 3.79. The van der Waals surface area contributed by atoms with Gasteiger partial charge in [-0.25, -0.2) is 0 Å². The number of para-hydroxylation sites is 1. The largest absolute Gasteiger partial charge is 0.385 e. The highest BCUT2D eigenvalue weighted by Gasteiger charge is 2.33. The van der Waals surface area contributed by atoms with Gasteiger partial charge in [0.15, 0.2) is 5.96 Å². The first-order chi connectivity index (χ1) is 12.7. The van der Waals surface area contributed by atoms with Crippen molar-refractivity contribution >= 4 is 11.6 Å². The van der Waals surface area contributed by atoms with Crippen molar-refractivity contribution in [1.82, 2.24) is 10.6 Å². The van der Waals surface area contributed by atoms with Crippen LogP contribution in [0.5, 0.6) is 0 Å². The maximum atomic E-state index is 5.32. The molecule has 0 saturated heterocycles. The molecule has 0 aromatic heterocycles. The van der Waals surface area contributed by atoms with Gasteiger partial charge in [-0.2, -0.15) is 0 Å². The number of benzene rings is 1. The van der Waals surface area contributed by atoms with Gasteiger partial charge in [-0.1, -0.05) is 31.0 Å². The lowest BCUT2D eigenvalue weighted by molar-refractivity contribution is 0.138. The Morgan fingerprint density at radius 1 is 1.19 bits per heavy atom. The summed E-state index contributed by atoms with van der Waals surface area (Å²) in [4.78, 5) is 6.67. The van der Waals surface area contributed by atoms with Crippen LogP contribution in [0.15, 0.2) is 35.3 Å². The van der Waals surface area contributed by atoms with Crippen molar-refractivity contribution < 1.29 is 4.74 Å². The molecule has 146 valence electrons. The summed E-state index contributed by atoms with van der Waals surface area (Å²) in [7, 11) is 5.78. The molecule has 5 heteroatoms. The van der Waals surface area contributed by atoms with Crippen LogP contribution in [0.3, 0.4) is 0 Å². The summed E-state index contributed by atoms with van der Waals surface area (Å²) in [5.74, 6) is 0.913. The summed E-state index contributed by atoms with van der Waals surface area (Å²) in [5.41, 5.74) is 1.64. The van der Waals surface area contributed by atoms with Crippen molar-refractivity contribution in [2.75, 3.05) is 52.3 Å². The van der Waals surface area contributed by atoms with E-state index in [4.69, 9.17) is 4.74 Å². The van der Waals surface area contributed by atoms with E-state index in [1.165, 1.54) is 31.4 Å². The average Bonchev–Trinajstić information content (AvgIpc) is 3.15. The average molecular weight is 361 g/mol. The summed E-state index contributed by atoms with van der Waals surface area (Å²) in [6.45, 7) is 3.77. The molecule has 2 N–H and O–H groups in total. The molecular formula is C21H36N4O. The minimum atomic E-state index is 0.376. The molecule has 1 aliphatic rings. The van der Waals surface area contributed by atoms with Crippen LogP contribution < -0.4 is 15.5 Å². The molecule has 1 aliphatic carbocycles. The van der Waals surface area contributed by atoms with Gasteiger partial charge in [0.05, 0.1) is 0 Å². The molecule has 1 fully saturated rings. The Morgan fingerprint density at radius 3 is 2.58 bits per heavy atom. The minimum absolute atomic E-state index is 0.376. The normalized spacial score (nSPS) is 16.5. The summed E-state index contributed by atoms with van der Waals surface area (Å²) in [6.07, 6.45) is 7.47. The minimum Gasteiger partial charge on any atom is -0.385 e. The fraction of sp³-hybridized carbons (Fsp3) is 0.667. The second kappa shape index (κ2) is 11.1. The molecule has 0 amide bonds. The predicted octanol–water partition coefficient (Wildman–Crippen LogP) is 3.27. The molecule has 5 nitrogen and oxygen atoms in total. The van der Waals surface area contributed by atoms with Crippen molar-refractivity contribution in [3.63, 3.8) is 0 Å². The van der Waals surface area contributed by atoms with Crippen LogP contribution in [0, 0.1) is 5.41 Å². The summed E-state index contributed by atoms with van der Waals surface area (Å²) >= 11 is 0. The quantitative estimate of drug-likeness (QED) is 0.382. The highest BCUT2D eigenvalue weighted by atomic mass is 16.5. The molecule has 0 unspecified atom stereocenters. The number of anilines is 1. The Bertz CT molecular complexity index is 526. The summed E-state index contributed by atoms with van der Waals surface area (Å²) in [6, 6.07) is 10.5. The fourth-order valence-corrected chi connectivity index (χ4v) is 3.79. The second-order valence-electron chi connectivity index (χ2n) is 7.41. The first-order valence-corrected chi connectivity index (χ1v) is 9.89. The number of ether oxygens (including phenoxy) is 1. The van der Waals surface area contributed by atoms with E-state index in [1.54, 1.807) is 7.11 Å². The van der Waals surface area contributed by atoms with Gasteiger partial charge < -0.3 is 20.3 Å². The molecular weight excluding hydrogens is 324 g/mol. The van der Waals surface area contributed by atoms with Crippen LogP contribution in [0.4, 0.5) is 5.69 Å². The zero-order chi connectivity index (χ0) is 18.7. The smallest absolute Gasteiger partial charge is 0.190 e.